The molecule has 39 heavy (non-hydrogen) atoms. The Morgan fingerprint density at radius 2 is 1.69 bits per heavy atom. The number of allylic oxidation sites excluding steroid dienone is 1. The summed E-state index contributed by atoms with van der Waals surface area (Å²) in [6.45, 7) is 2.69. The van der Waals surface area contributed by atoms with Gasteiger partial charge in [-0.1, -0.05) is 97.1 Å². The number of ether oxygens (including phenoxy) is 1. The Bertz CT molecular complexity index is 1900. The summed E-state index contributed by atoms with van der Waals surface area (Å²) in [6.07, 6.45) is 4.59. The molecule has 3 heterocycles. The molecule has 1 aliphatic rings. The van der Waals surface area contributed by atoms with Gasteiger partial charge in [-0.15, -0.1) is 0 Å². The predicted octanol–water partition coefficient (Wildman–Crippen LogP) is 4.80. The van der Waals surface area contributed by atoms with Gasteiger partial charge in [-0.3, -0.25) is 9.36 Å². The molecule has 5 aromatic rings. The summed E-state index contributed by atoms with van der Waals surface area (Å²) in [5, 5.41) is 1.07. The topological polar surface area (TPSA) is 65.6 Å². The number of methoxy groups -OCH3 is 1. The Balaban J connectivity index is 1.54. The Labute approximate surface area is 229 Å². The lowest BCUT2D eigenvalue weighted by atomic mass is 9.95. The summed E-state index contributed by atoms with van der Waals surface area (Å²) in [5.41, 5.74) is 4.98. The van der Waals surface area contributed by atoms with E-state index in [1.807, 2.05) is 73.7 Å². The number of para-hydroxylation sites is 1. The van der Waals surface area contributed by atoms with E-state index in [-0.39, 0.29) is 5.56 Å². The Morgan fingerprint density at radius 1 is 1.00 bits per heavy atom. The van der Waals surface area contributed by atoms with Gasteiger partial charge in [0.25, 0.3) is 5.56 Å². The summed E-state index contributed by atoms with van der Waals surface area (Å²) in [6, 6.07) is 27.5. The van der Waals surface area contributed by atoms with Gasteiger partial charge in [-0.25, -0.2) is 9.79 Å². The number of aromatic nitrogens is 2. The molecule has 6 nitrogen and oxygen atoms in total. The molecular formula is C32H27N3O3S. The number of thiazole rings is 1. The van der Waals surface area contributed by atoms with Crippen LogP contribution in [0.15, 0.2) is 112 Å². The van der Waals surface area contributed by atoms with E-state index in [1.54, 1.807) is 4.57 Å². The van der Waals surface area contributed by atoms with E-state index < -0.39 is 12.0 Å². The number of hydrogen-bond donors (Lipinski definition) is 0. The van der Waals surface area contributed by atoms with Crippen LogP contribution < -0.4 is 14.9 Å². The maximum Gasteiger partial charge on any atom is 0.338 e. The summed E-state index contributed by atoms with van der Waals surface area (Å²) in [5.74, 6) is -0.470. The predicted molar refractivity (Wildman–Crippen MR) is 154 cm³/mol. The average molecular weight is 534 g/mol. The smallest absolute Gasteiger partial charge is 0.338 e. The first-order valence-corrected chi connectivity index (χ1v) is 13.7. The molecule has 0 radical (unpaired) electrons. The molecule has 1 aliphatic heterocycles. The zero-order valence-electron chi connectivity index (χ0n) is 21.7. The largest absolute Gasteiger partial charge is 0.466 e. The second kappa shape index (κ2) is 10.3. The molecular weight excluding hydrogens is 506 g/mol. The summed E-state index contributed by atoms with van der Waals surface area (Å²) < 4.78 is 9.57. The van der Waals surface area contributed by atoms with Crippen LogP contribution >= 0.6 is 11.3 Å². The quantitative estimate of drug-likeness (QED) is 0.295. The van der Waals surface area contributed by atoms with Crippen LogP contribution in [-0.4, -0.2) is 22.2 Å². The van der Waals surface area contributed by atoms with Crippen molar-refractivity contribution in [1.82, 2.24) is 9.13 Å². The Morgan fingerprint density at radius 3 is 2.41 bits per heavy atom. The Kier molecular flexibility index (Phi) is 6.59. The van der Waals surface area contributed by atoms with Gasteiger partial charge < -0.3 is 9.30 Å². The van der Waals surface area contributed by atoms with Crippen molar-refractivity contribution < 1.29 is 9.53 Å². The number of carbonyl (C=O) groups is 1. The molecule has 0 N–H and O–H groups in total. The fourth-order valence-corrected chi connectivity index (χ4v) is 6.27. The molecule has 6 rings (SSSR count). The summed E-state index contributed by atoms with van der Waals surface area (Å²) >= 11 is 1.35. The van der Waals surface area contributed by atoms with Gasteiger partial charge in [0.15, 0.2) is 4.80 Å². The van der Waals surface area contributed by atoms with E-state index in [0.717, 1.165) is 28.6 Å². The Hall–Kier alpha value is -4.49. The molecule has 194 valence electrons. The number of hydrogen-bond acceptors (Lipinski definition) is 5. The molecule has 0 amide bonds. The molecule has 0 saturated carbocycles. The zero-order valence-corrected chi connectivity index (χ0v) is 22.5. The van der Waals surface area contributed by atoms with Crippen LogP contribution in [0, 0.1) is 0 Å². The molecule has 0 saturated heterocycles. The maximum atomic E-state index is 14.0. The molecule has 0 spiro atoms. The first-order valence-electron chi connectivity index (χ1n) is 12.9. The van der Waals surface area contributed by atoms with Crippen molar-refractivity contribution in [3.63, 3.8) is 0 Å². The molecule has 0 aliphatic carbocycles. The minimum Gasteiger partial charge on any atom is -0.466 e. The highest BCUT2D eigenvalue weighted by Gasteiger charge is 2.33. The third-order valence-electron chi connectivity index (χ3n) is 7.07. The number of fused-ring (bicyclic) bond motifs is 2. The summed E-state index contributed by atoms with van der Waals surface area (Å²) in [7, 11) is 1.36. The van der Waals surface area contributed by atoms with Crippen molar-refractivity contribution in [1.29, 1.82) is 0 Å². The maximum absolute atomic E-state index is 14.0. The highest BCUT2D eigenvalue weighted by molar-refractivity contribution is 7.07. The number of nitrogens with zero attached hydrogens (tertiary/aromatic N) is 3. The van der Waals surface area contributed by atoms with Crippen molar-refractivity contribution >= 4 is 34.3 Å². The van der Waals surface area contributed by atoms with Crippen LogP contribution in [0.25, 0.3) is 17.0 Å². The van der Waals surface area contributed by atoms with Crippen molar-refractivity contribution in [2.24, 2.45) is 4.99 Å². The number of benzene rings is 3. The lowest BCUT2D eigenvalue weighted by Crippen LogP contribution is -2.40. The van der Waals surface area contributed by atoms with E-state index >= 15 is 0 Å². The van der Waals surface area contributed by atoms with Gasteiger partial charge in [0, 0.05) is 29.2 Å². The van der Waals surface area contributed by atoms with Gasteiger partial charge >= 0.3 is 5.97 Å². The highest BCUT2D eigenvalue weighted by atomic mass is 32.1. The normalized spacial score (nSPS) is 15.3. The lowest BCUT2D eigenvalue weighted by molar-refractivity contribution is -0.136. The highest BCUT2D eigenvalue weighted by Crippen LogP contribution is 2.31. The standard InChI is InChI=1S/C32H27N3O3S/c1-3-25-28(31(37)38-2)29(22-14-8-5-9-15-22)35-30(36)27(39-32(35)33-25)18-23-20-34(19-21-12-6-4-7-13-21)26-17-11-10-16-24(23)26/h4-18,20,29H,3,19H2,1-2H3/b27-18+/t29-/m0/s1. The van der Waals surface area contributed by atoms with Crippen LogP contribution in [0.3, 0.4) is 0 Å². The van der Waals surface area contributed by atoms with Crippen LogP contribution in [0.2, 0.25) is 0 Å². The number of esters is 1. The fourth-order valence-electron chi connectivity index (χ4n) is 5.26. The third kappa shape index (κ3) is 4.45. The third-order valence-corrected chi connectivity index (χ3v) is 8.05. The van der Waals surface area contributed by atoms with Crippen molar-refractivity contribution in [2.75, 3.05) is 7.11 Å². The zero-order chi connectivity index (χ0) is 26.9. The second-order valence-electron chi connectivity index (χ2n) is 9.41. The van der Waals surface area contributed by atoms with Crippen LogP contribution in [0.1, 0.15) is 36.1 Å². The van der Waals surface area contributed by atoms with E-state index in [0.29, 0.717) is 27.0 Å². The SMILES string of the molecule is CCC1=C(C(=O)OC)[C@H](c2ccccc2)n2c(s/c(=C/c3cn(Cc4ccccc4)c4ccccc34)c2=O)=N1. The van der Waals surface area contributed by atoms with Gasteiger partial charge in [-0.2, -0.15) is 0 Å². The fraction of sp³-hybridized carbons (Fsp3) is 0.156. The van der Waals surface area contributed by atoms with E-state index in [1.165, 1.54) is 24.0 Å². The second-order valence-corrected chi connectivity index (χ2v) is 10.4. The van der Waals surface area contributed by atoms with Crippen molar-refractivity contribution in [3.8, 4) is 0 Å². The van der Waals surface area contributed by atoms with Crippen LogP contribution in [0.4, 0.5) is 0 Å². The summed E-state index contributed by atoms with van der Waals surface area (Å²) in [4.78, 5) is 32.3. The van der Waals surface area contributed by atoms with E-state index in [9.17, 15) is 9.59 Å². The van der Waals surface area contributed by atoms with Crippen molar-refractivity contribution in [3.05, 3.63) is 139 Å². The molecule has 0 fully saturated rings. The van der Waals surface area contributed by atoms with Gasteiger partial charge in [0.05, 0.1) is 29.0 Å². The van der Waals surface area contributed by atoms with E-state index in [4.69, 9.17) is 9.73 Å². The monoisotopic (exact) mass is 533 g/mol. The van der Waals surface area contributed by atoms with Crippen molar-refractivity contribution in [2.45, 2.75) is 25.9 Å². The molecule has 0 unspecified atom stereocenters. The molecule has 7 heteroatoms. The first kappa shape index (κ1) is 24.8. The minimum atomic E-state index is -0.605. The first-order chi connectivity index (χ1) is 19.1. The minimum absolute atomic E-state index is 0.177. The van der Waals surface area contributed by atoms with Gasteiger partial charge in [0.2, 0.25) is 0 Å². The molecule has 1 atom stereocenters. The molecule has 3 aromatic carbocycles. The number of rotatable bonds is 6. The average Bonchev–Trinajstić information content (AvgIpc) is 3.49. The van der Waals surface area contributed by atoms with Crippen LogP contribution in [-0.2, 0) is 16.1 Å². The molecule has 0 bridgehead atoms. The van der Waals surface area contributed by atoms with Crippen LogP contribution in [0.5, 0.6) is 0 Å². The van der Waals surface area contributed by atoms with Gasteiger partial charge in [0.1, 0.15) is 0 Å². The number of carbonyl (C=O) groups excluding carboxylic acids is 1. The molecule has 2 aromatic heterocycles. The lowest BCUT2D eigenvalue weighted by Gasteiger charge is -2.25. The van der Waals surface area contributed by atoms with Gasteiger partial charge in [-0.05, 0) is 29.7 Å². The van der Waals surface area contributed by atoms with E-state index in [2.05, 4.69) is 35.0 Å².